The highest BCUT2D eigenvalue weighted by atomic mass is 32.1. The Morgan fingerprint density at radius 2 is 1.80 bits per heavy atom. The fourth-order valence-corrected chi connectivity index (χ4v) is 4.36. The summed E-state index contributed by atoms with van der Waals surface area (Å²) in [5.41, 5.74) is 1.97. The van der Waals surface area contributed by atoms with Crippen molar-refractivity contribution in [2.75, 3.05) is 13.7 Å². The zero-order valence-corrected chi connectivity index (χ0v) is 17.3. The van der Waals surface area contributed by atoms with Gasteiger partial charge in [-0.25, -0.2) is 0 Å². The molecule has 152 valence electrons. The second kappa shape index (κ2) is 8.55. The van der Waals surface area contributed by atoms with Gasteiger partial charge in [0.25, 0.3) is 5.91 Å². The summed E-state index contributed by atoms with van der Waals surface area (Å²) in [6.45, 7) is 0.371. The molecule has 30 heavy (non-hydrogen) atoms. The number of methoxy groups -OCH3 is 1. The largest absolute Gasteiger partial charge is 0.503 e. The van der Waals surface area contributed by atoms with E-state index >= 15 is 0 Å². The summed E-state index contributed by atoms with van der Waals surface area (Å²) in [6.07, 6.45) is 0.590. The van der Waals surface area contributed by atoms with E-state index in [1.54, 1.807) is 29.5 Å². The minimum Gasteiger partial charge on any atom is -0.503 e. The van der Waals surface area contributed by atoms with Crippen molar-refractivity contribution in [3.63, 3.8) is 0 Å². The Balaban J connectivity index is 1.65. The number of ether oxygens (including phenoxy) is 1. The van der Waals surface area contributed by atoms with Crippen LogP contribution in [0.15, 0.2) is 83.4 Å². The van der Waals surface area contributed by atoms with Crippen LogP contribution < -0.4 is 4.74 Å². The molecule has 0 bridgehead atoms. The Bertz CT molecular complexity index is 1070. The van der Waals surface area contributed by atoms with Gasteiger partial charge in [-0.15, -0.1) is 11.3 Å². The van der Waals surface area contributed by atoms with Crippen molar-refractivity contribution < 1.29 is 19.4 Å². The van der Waals surface area contributed by atoms with Crippen LogP contribution in [-0.2, 0) is 11.2 Å². The molecule has 0 spiro atoms. The molecule has 0 fully saturated rings. The molecule has 1 aromatic heterocycles. The number of nitrogens with zero attached hydrogens (tertiary/aromatic N) is 1. The SMILES string of the molecule is COc1ccc(CCN2C(=O)C(O)=C(C(=O)c3cccs3)C2c2ccccc2)cc1. The van der Waals surface area contributed by atoms with Crippen molar-refractivity contribution in [3.05, 3.63) is 99.4 Å². The molecule has 5 nitrogen and oxygen atoms in total. The second-order valence-electron chi connectivity index (χ2n) is 6.98. The molecule has 2 heterocycles. The van der Waals surface area contributed by atoms with Gasteiger partial charge in [-0.2, -0.15) is 0 Å². The Morgan fingerprint density at radius 3 is 2.43 bits per heavy atom. The van der Waals surface area contributed by atoms with E-state index in [4.69, 9.17) is 4.74 Å². The van der Waals surface area contributed by atoms with Gasteiger partial charge in [0, 0.05) is 6.54 Å². The predicted molar refractivity (Wildman–Crippen MR) is 116 cm³/mol. The Morgan fingerprint density at radius 1 is 1.07 bits per heavy atom. The van der Waals surface area contributed by atoms with Crippen molar-refractivity contribution in [1.29, 1.82) is 0 Å². The summed E-state index contributed by atoms with van der Waals surface area (Å²) in [5.74, 6) is -0.521. The van der Waals surface area contributed by atoms with Gasteiger partial charge in [0.15, 0.2) is 5.76 Å². The van der Waals surface area contributed by atoms with Crippen molar-refractivity contribution >= 4 is 23.0 Å². The molecule has 0 saturated carbocycles. The molecule has 3 aromatic rings. The van der Waals surface area contributed by atoms with Crippen LogP contribution in [0.1, 0.15) is 26.8 Å². The number of hydrogen-bond acceptors (Lipinski definition) is 5. The van der Waals surface area contributed by atoms with Crippen LogP contribution in [-0.4, -0.2) is 35.4 Å². The molecule has 4 rings (SSSR count). The molecular weight excluding hydrogens is 398 g/mol. The van der Waals surface area contributed by atoms with E-state index in [1.807, 2.05) is 54.6 Å². The highest BCUT2D eigenvalue weighted by Gasteiger charge is 2.43. The zero-order chi connectivity index (χ0) is 21.1. The fraction of sp³-hybridized carbons (Fsp3) is 0.167. The number of Topliss-reactive ketones (excluding diaryl/α,β-unsaturated/α-hetero) is 1. The Kier molecular flexibility index (Phi) is 5.68. The van der Waals surface area contributed by atoms with Crippen molar-refractivity contribution in [2.45, 2.75) is 12.5 Å². The molecule has 6 heteroatoms. The minimum atomic E-state index is -0.619. The lowest BCUT2D eigenvalue weighted by atomic mass is 9.95. The molecule has 1 unspecified atom stereocenters. The zero-order valence-electron chi connectivity index (χ0n) is 16.4. The number of ketones is 1. The van der Waals surface area contributed by atoms with Gasteiger partial charge < -0.3 is 14.7 Å². The third-order valence-corrected chi connectivity index (χ3v) is 6.08. The normalized spacial score (nSPS) is 16.2. The lowest BCUT2D eigenvalue weighted by Gasteiger charge is -2.27. The third-order valence-electron chi connectivity index (χ3n) is 5.21. The highest BCUT2D eigenvalue weighted by molar-refractivity contribution is 7.12. The summed E-state index contributed by atoms with van der Waals surface area (Å²) in [6, 6.07) is 19.9. The predicted octanol–water partition coefficient (Wildman–Crippen LogP) is 4.58. The molecule has 0 saturated heterocycles. The standard InChI is InChI=1S/C24H21NO4S/c1-29-18-11-9-16(10-12-18)13-14-25-21(17-6-3-2-4-7-17)20(23(27)24(25)28)22(26)19-8-5-15-30-19/h2-12,15,21,27H,13-14H2,1H3. The molecule has 0 aliphatic carbocycles. The first-order chi connectivity index (χ1) is 14.6. The van der Waals surface area contributed by atoms with Crippen LogP contribution in [0.3, 0.4) is 0 Å². The summed E-state index contributed by atoms with van der Waals surface area (Å²) in [4.78, 5) is 28.2. The molecular formula is C24H21NO4S. The number of aliphatic hydroxyl groups is 1. The number of thiophene rings is 1. The average molecular weight is 420 g/mol. The van der Waals surface area contributed by atoms with Gasteiger partial charge in [0.2, 0.25) is 5.78 Å². The molecule has 2 aromatic carbocycles. The van der Waals surface area contributed by atoms with E-state index in [0.717, 1.165) is 16.9 Å². The van der Waals surface area contributed by atoms with Crippen molar-refractivity contribution in [3.8, 4) is 5.75 Å². The van der Waals surface area contributed by atoms with Gasteiger partial charge in [-0.3, -0.25) is 9.59 Å². The first-order valence-corrected chi connectivity index (χ1v) is 10.5. The number of amides is 1. The lowest BCUT2D eigenvalue weighted by Crippen LogP contribution is -2.33. The van der Waals surface area contributed by atoms with Crippen LogP contribution in [0, 0.1) is 0 Å². The average Bonchev–Trinajstić information content (AvgIpc) is 3.41. The quantitative estimate of drug-likeness (QED) is 0.570. The van der Waals surface area contributed by atoms with E-state index in [0.29, 0.717) is 17.8 Å². The van der Waals surface area contributed by atoms with Gasteiger partial charge in [0.05, 0.1) is 23.6 Å². The topological polar surface area (TPSA) is 66.8 Å². The van der Waals surface area contributed by atoms with Gasteiger partial charge in [0.1, 0.15) is 5.75 Å². The fourth-order valence-electron chi connectivity index (χ4n) is 3.68. The second-order valence-corrected chi connectivity index (χ2v) is 7.93. The summed E-state index contributed by atoms with van der Waals surface area (Å²) < 4.78 is 5.19. The minimum absolute atomic E-state index is 0.142. The third kappa shape index (κ3) is 3.74. The van der Waals surface area contributed by atoms with E-state index in [2.05, 4.69) is 0 Å². The van der Waals surface area contributed by atoms with E-state index < -0.39 is 17.7 Å². The maximum Gasteiger partial charge on any atom is 0.290 e. The van der Waals surface area contributed by atoms with Crippen molar-refractivity contribution in [2.24, 2.45) is 0 Å². The maximum atomic E-state index is 13.1. The number of carbonyl (C=O) groups is 2. The van der Waals surface area contributed by atoms with Crippen molar-refractivity contribution in [1.82, 2.24) is 4.90 Å². The molecule has 1 amide bonds. The van der Waals surface area contributed by atoms with Crippen LogP contribution >= 0.6 is 11.3 Å². The van der Waals surface area contributed by atoms with E-state index in [1.165, 1.54) is 11.3 Å². The number of carbonyl (C=O) groups excluding carboxylic acids is 2. The van der Waals surface area contributed by atoms with Crippen LogP contribution in [0.5, 0.6) is 5.75 Å². The highest BCUT2D eigenvalue weighted by Crippen LogP contribution is 2.39. The summed E-state index contributed by atoms with van der Waals surface area (Å²) in [7, 11) is 1.61. The monoisotopic (exact) mass is 419 g/mol. The first kappa shape index (κ1) is 19.9. The smallest absolute Gasteiger partial charge is 0.290 e. The van der Waals surface area contributed by atoms with Gasteiger partial charge in [-0.1, -0.05) is 48.5 Å². The Hall–Kier alpha value is -3.38. The summed E-state index contributed by atoms with van der Waals surface area (Å²) in [5, 5.41) is 12.5. The number of benzene rings is 2. The van der Waals surface area contributed by atoms with Crippen LogP contribution in [0.2, 0.25) is 0 Å². The number of rotatable bonds is 7. The number of aliphatic hydroxyl groups excluding tert-OH is 1. The molecule has 1 aliphatic rings. The lowest BCUT2D eigenvalue weighted by molar-refractivity contribution is -0.129. The van der Waals surface area contributed by atoms with Crippen LogP contribution in [0.4, 0.5) is 0 Å². The summed E-state index contributed by atoms with van der Waals surface area (Å²) >= 11 is 1.30. The Labute approximate surface area is 178 Å². The molecule has 1 N–H and O–H groups in total. The van der Waals surface area contributed by atoms with Crippen LogP contribution in [0.25, 0.3) is 0 Å². The molecule has 0 radical (unpaired) electrons. The first-order valence-electron chi connectivity index (χ1n) is 9.60. The van der Waals surface area contributed by atoms with E-state index in [9.17, 15) is 14.7 Å². The van der Waals surface area contributed by atoms with Gasteiger partial charge in [-0.05, 0) is 41.1 Å². The molecule has 1 aliphatic heterocycles. The maximum absolute atomic E-state index is 13.1. The molecule has 1 atom stereocenters. The van der Waals surface area contributed by atoms with Gasteiger partial charge >= 0.3 is 0 Å². The number of hydrogen-bond donors (Lipinski definition) is 1. The van der Waals surface area contributed by atoms with E-state index in [-0.39, 0.29) is 11.4 Å².